The van der Waals surface area contributed by atoms with Crippen LogP contribution in [0.2, 0.25) is 0 Å². The van der Waals surface area contributed by atoms with E-state index in [1.807, 2.05) is 33.1 Å². The van der Waals surface area contributed by atoms with Crippen LogP contribution in [-0.4, -0.2) is 79.5 Å². The summed E-state index contributed by atoms with van der Waals surface area (Å²) < 4.78 is 5.22. The van der Waals surface area contributed by atoms with Crippen LogP contribution in [0.5, 0.6) is 0 Å². The second kappa shape index (κ2) is 17.8. The van der Waals surface area contributed by atoms with Gasteiger partial charge in [0.05, 0.1) is 18.2 Å². The SMILES string of the molecule is C=CC.C=CCC1=CC2C=NC3=CC(C)N(C)N3C2N=C1C(/C=C\CCN(CC)CCOC)=C/C.CC. The molecule has 0 fully saturated rings. The average molecular weight is 510 g/mol. The van der Waals surface area contributed by atoms with E-state index in [1.54, 1.807) is 13.2 Å². The van der Waals surface area contributed by atoms with Gasteiger partial charge in [0.15, 0.2) is 0 Å². The summed E-state index contributed by atoms with van der Waals surface area (Å²) in [6, 6.07) is 0.318. The van der Waals surface area contributed by atoms with Gasteiger partial charge in [-0.2, -0.15) is 0 Å². The molecule has 3 aliphatic heterocycles. The maximum absolute atomic E-state index is 5.28. The van der Waals surface area contributed by atoms with Crippen molar-refractivity contribution in [2.45, 2.75) is 66.6 Å². The number of hydrazine groups is 1. The van der Waals surface area contributed by atoms with E-state index in [0.29, 0.717) is 6.04 Å². The van der Waals surface area contributed by atoms with Gasteiger partial charge in [0.2, 0.25) is 0 Å². The van der Waals surface area contributed by atoms with Gasteiger partial charge in [-0.25, -0.2) is 10.0 Å². The summed E-state index contributed by atoms with van der Waals surface area (Å²) in [5.41, 5.74) is 3.46. The fraction of sp³-hybridized carbons (Fsp3) is 0.548. The number of nitrogens with zero attached hydrogens (tertiary/aromatic N) is 5. The van der Waals surface area contributed by atoms with E-state index in [1.165, 1.54) is 11.1 Å². The molecule has 0 aliphatic carbocycles. The van der Waals surface area contributed by atoms with Crippen LogP contribution in [0.1, 0.15) is 54.4 Å². The zero-order valence-corrected chi connectivity index (χ0v) is 24.7. The van der Waals surface area contributed by atoms with Crippen molar-refractivity contribution >= 4 is 11.9 Å². The van der Waals surface area contributed by atoms with Crippen LogP contribution in [0.25, 0.3) is 0 Å². The number of likely N-dealkylation sites (N-methyl/N-ethyl adjacent to an activating group) is 2. The predicted octanol–water partition coefficient (Wildman–Crippen LogP) is 6.44. The number of fused-ring (bicyclic) bond motifs is 3. The Morgan fingerprint density at radius 1 is 1.19 bits per heavy atom. The van der Waals surface area contributed by atoms with Crippen molar-refractivity contribution in [1.82, 2.24) is 14.9 Å². The van der Waals surface area contributed by atoms with Gasteiger partial charge in [0.1, 0.15) is 12.0 Å². The predicted molar refractivity (Wildman–Crippen MR) is 162 cm³/mol. The second-order valence-corrected chi connectivity index (χ2v) is 8.89. The molecule has 206 valence electrons. The molecule has 3 atom stereocenters. The molecule has 6 nitrogen and oxygen atoms in total. The van der Waals surface area contributed by atoms with E-state index in [-0.39, 0.29) is 12.1 Å². The standard InChI is InChI=1S/C26H39N5O.C3H6.C2H6/c1-7-12-22-18-23-19-27-24-17-20(4)29(5)31(24)26(23)28-25(22)21(8-2)13-10-11-14-30(9-3)15-16-32-6;1-3-2;1-2/h7-8,10,13,17-20,23,26H,1,9,11-12,14-16H2,2-6H3;3H,1H2,2H3;1-2H3/b13-10-,21-8+;;. The van der Waals surface area contributed by atoms with Gasteiger partial charge in [-0.1, -0.05) is 57.2 Å². The van der Waals surface area contributed by atoms with Crippen molar-refractivity contribution < 1.29 is 4.74 Å². The number of aliphatic imine (C=N–C) groups is 2. The first-order chi connectivity index (χ1) is 17.9. The molecule has 3 unspecified atom stereocenters. The number of hydrogen-bond donors (Lipinski definition) is 0. The number of ether oxygens (including phenoxy) is 1. The van der Waals surface area contributed by atoms with Crippen molar-refractivity contribution in [3.05, 3.63) is 72.7 Å². The van der Waals surface area contributed by atoms with Gasteiger partial charge in [0.25, 0.3) is 0 Å². The summed E-state index contributed by atoms with van der Waals surface area (Å²) in [6.07, 6.45) is 18.8. The Kier molecular flexibility index (Phi) is 15.7. The summed E-state index contributed by atoms with van der Waals surface area (Å²) in [4.78, 5) is 12.4. The third kappa shape index (κ3) is 9.06. The molecule has 0 aromatic rings. The Balaban J connectivity index is 0.00000127. The van der Waals surface area contributed by atoms with Gasteiger partial charge in [-0.15, -0.1) is 13.2 Å². The van der Waals surface area contributed by atoms with Gasteiger partial charge in [0, 0.05) is 39.5 Å². The second-order valence-electron chi connectivity index (χ2n) is 8.89. The fourth-order valence-electron chi connectivity index (χ4n) is 4.39. The normalized spacial score (nSPS) is 22.7. The summed E-state index contributed by atoms with van der Waals surface area (Å²) in [5, 5.41) is 4.48. The highest BCUT2D eigenvalue weighted by Gasteiger charge is 2.40. The molecule has 0 saturated carbocycles. The Labute approximate surface area is 227 Å². The highest BCUT2D eigenvalue weighted by atomic mass is 16.5. The number of hydrogen-bond acceptors (Lipinski definition) is 6. The average Bonchev–Trinajstić information content (AvgIpc) is 3.21. The molecule has 6 heteroatoms. The van der Waals surface area contributed by atoms with Crippen LogP contribution in [-0.2, 0) is 4.74 Å². The number of allylic oxidation sites excluding steroid dienone is 6. The molecule has 3 heterocycles. The molecular weight excluding hydrogens is 458 g/mol. The molecule has 0 spiro atoms. The highest BCUT2D eigenvalue weighted by molar-refractivity contribution is 6.15. The fourth-order valence-corrected chi connectivity index (χ4v) is 4.39. The lowest BCUT2D eigenvalue weighted by Crippen LogP contribution is -2.50. The molecule has 0 radical (unpaired) electrons. The molecular formula is C31H51N5O. The third-order valence-corrected chi connectivity index (χ3v) is 6.40. The Morgan fingerprint density at radius 3 is 2.49 bits per heavy atom. The van der Waals surface area contributed by atoms with Gasteiger partial charge in [-0.05, 0) is 57.4 Å². The van der Waals surface area contributed by atoms with Crippen LogP contribution in [0, 0.1) is 5.92 Å². The summed E-state index contributed by atoms with van der Waals surface area (Å²) in [7, 11) is 3.87. The Morgan fingerprint density at radius 2 is 1.89 bits per heavy atom. The minimum absolute atomic E-state index is 0.00485. The number of methoxy groups -OCH3 is 1. The van der Waals surface area contributed by atoms with Gasteiger partial charge in [-0.3, -0.25) is 10.0 Å². The third-order valence-electron chi connectivity index (χ3n) is 6.40. The van der Waals surface area contributed by atoms with E-state index in [2.05, 4.69) is 86.3 Å². The molecule has 0 bridgehead atoms. The zero-order chi connectivity index (χ0) is 27.8. The highest BCUT2D eigenvalue weighted by Crippen LogP contribution is 2.35. The maximum Gasteiger partial charge on any atom is 0.149 e. The lowest BCUT2D eigenvalue weighted by molar-refractivity contribution is -0.00821. The zero-order valence-electron chi connectivity index (χ0n) is 24.7. The van der Waals surface area contributed by atoms with Crippen LogP contribution < -0.4 is 0 Å². The molecule has 0 saturated heterocycles. The molecule has 37 heavy (non-hydrogen) atoms. The van der Waals surface area contributed by atoms with Gasteiger partial charge >= 0.3 is 0 Å². The van der Waals surface area contributed by atoms with Crippen LogP contribution in [0.4, 0.5) is 0 Å². The van der Waals surface area contributed by atoms with E-state index in [0.717, 1.165) is 50.6 Å². The maximum atomic E-state index is 5.28. The van der Waals surface area contributed by atoms with Crippen molar-refractivity contribution in [1.29, 1.82) is 0 Å². The molecule has 0 aromatic carbocycles. The lowest BCUT2D eigenvalue weighted by Gasteiger charge is -2.41. The largest absolute Gasteiger partial charge is 0.383 e. The molecule has 0 N–H and O–H groups in total. The topological polar surface area (TPSA) is 43.7 Å². The van der Waals surface area contributed by atoms with E-state index in [9.17, 15) is 0 Å². The van der Waals surface area contributed by atoms with E-state index >= 15 is 0 Å². The van der Waals surface area contributed by atoms with E-state index < -0.39 is 0 Å². The summed E-state index contributed by atoms with van der Waals surface area (Å²) in [5.74, 6) is 1.16. The first kappa shape index (κ1) is 32.5. The number of rotatable bonds is 11. The van der Waals surface area contributed by atoms with Crippen molar-refractivity contribution in [2.75, 3.05) is 40.4 Å². The molecule has 3 aliphatic rings. The molecule has 3 rings (SSSR count). The van der Waals surface area contributed by atoms with Crippen molar-refractivity contribution in [3.8, 4) is 0 Å². The quantitative estimate of drug-likeness (QED) is 0.237. The minimum atomic E-state index is 0.00485. The van der Waals surface area contributed by atoms with Crippen molar-refractivity contribution in [2.24, 2.45) is 15.9 Å². The van der Waals surface area contributed by atoms with Crippen LogP contribution in [0.15, 0.2) is 82.6 Å². The van der Waals surface area contributed by atoms with E-state index in [4.69, 9.17) is 14.7 Å². The lowest BCUT2D eigenvalue weighted by atomic mass is 9.90. The Bertz CT molecular complexity index is 895. The smallest absolute Gasteiger partial charge is 0.149 e. The molecule has 0 aromatic heterocycles. The number of dihydropyridines is 1. The van der Waals surface area contributed by atoms with Crippen LogP contribution in [0.3, 0.4) is 0 Å². The summed E-state index contributed by atoms with van der Waals surface area (Å²) in [6.45, 7) is 23.5. The Hall–Kier alpha value is -2.54. The van der Waals surface area contributed by atoms with Crippen LogP contribution >= 0.6 is 0 Å². The molecule has 0 amide bonds. The van der Waals surface area contributed by atoms with Gasteiger partial charge < -0.3 is 9.64 Å². The first-order valence-corrected chi connectivity index (χ1v) is 13.7. The van der Waals surface area contributed by atoms with Crippen molar-refractivity contribution in [3.63, 3.8) is 0 Å². The minimum Gasteiger partial charge on any atom is -0.383 e. The summed E-state index contributed by atoms with van der Waals surface area (Å²) >= 11 is 0. The monoisotopic (exact) mass is 509 g/mol. The first-order valence-electron chi connectivity index (χ1n) is 13.7.